The molecule has 1 fully saturated rings. The number of methoxy groups -OCH3 is 1. The van der Waals surface area contributed by atoms with Crippen LogP contribution in [0.2, 0.25) is 0 Å². The number of amides is 1. The molecule has 2 N–H and O–H groups in total. The molecule has 1 saturated carbocycles. The van der Waals surface area contributed by atoms with Crippen molar-refractivity contribution >= 4 is 21.8 Å². The topological polar surface area (TPSA) is 61.8 Å². The molecule has 27 heavy (non-hydrogen) atoms. The lowest BCUT2D eigenvalue weighted by Crippen LogP contribution is -2.49. The molecule has 1 heterocycles. The quantitative estimate of drug-likeness (QED) is 0.715. The smallest absolute Gasteiger partial charge is 0.237 e. The van der Waals surface area contributed by atoms with Crippen molar-refractivity contribution in [3.8, 4) is 0 Å². The lowest BCUT2D eigenvalue weighted by molar-refractivity contribution is -0.134. The second-order valence-corrected chi connectivity index (χ2v) is 8.81. The fourth-order valence-electron chi connectivity index (χ4n) is 4.54. The normalized spacial score (nSPS) is 21.8. The summed E-state index contributed by atoms with van der Waals surface area (Å²) in [5.41, 5.74) is 3.03. The monoisotopic (exact) mass is 438 g/mol. The van der Waals surface area contributed by atoms with Crippen LogP contribution in [-0.2, 0) is 16.0 Å². The molecule has 5 nitrogen and oxygen atoms in total. The predicted molar refractivity (Wildman–Crippen MR) is 110 cm³/mol. The first-order valence-corrected chi connectivity index (χ1v) is 10.7. The van der Waals surface area contributed by atoms with E-state index in [4.69, 9.17) is 4.74 Å². The summed E-state index contributed by atoms with van der Waals surface area (Å²) >= 11 is 3.66. The molecule has 1 unspecified atom stereocenters. The van der Waals surface area contributed by atoms with E-state index in [0.29, 0.717) is 19.7 Å². The number of nitrogens with zero attached hydrogens (tertiary/aromatic N) is 1. The van der Waals surface area contributed by atoms with Crippen LogP contribution in [0.3, 0.4) is 0 Å². The number of carbonyl (C=O) groups is 1. The Morgan fingerprint density at radius 2 is 2.11 bits per heavy atom. The first kappa shape index (κ1) is 20.8. The van der Waals surface area contributed by atoms with Crippen molar-refractivity contribution in [2.45, 2.75) is 57.1 Å². The third kappa shape index (κ3) is 4.73. The SMILES string of the molecule is COCC1c2c(C)ccc(Br)c2CCN1C(=O)CNCC1(O)CCCCC1. The number of hydrogen-bond donors (Lipinski definition) is 2. The van der Waals surface area contributed by atoms with Crippen LogP contribution in [0, 0.1) is 6.92 Å². The van der Waals surface area contributed by atoms with Crippen molar-refractivity contribution in [1.29, 1.82) is 0 Å². The van der Waals surface area contributed by atoms with Gasteiger partial charge in [-0.25, -0.2) is 0 Å². The number of halogens is 1. The minimum atomic E-state index is -0.652. The Labute approximate surface area is 170 Å². The molecule has 1 aliphatic carbocycles. The largest absolute Gasteiger partial charge is 0.389 e. The van der Waals surface area contributed by atoms with Gasteiger partial charge >= 0.3 is 0 Å². The minimum Gasteiger partial charge on any atom is -0.389 e. The number of aryl methyl sites for hydroxylation is 1. The van der Waals surface area contributed by atoms with Gasteiger partial charge in [0.25, 0.3) is 0 Å². The van der Waals surface area contributed by atoms with Gasteiger partial charge in [0.15, 0.2) is 0 Å². The Balaban J connectivity index is 1.67. The molecule has 0 saturated heterocycles. The molecule has 1 amide bonds. The zero-order valence-electron chi connectivity index (χ0n) is 16.4. The molecule has 1 aromatic carbocycles. The second kappa shape index (κ2) is 9.03. The van der Waals surface area contributed by atoms with Crippen LogP contribution in [0.1, 0.15) is 54.8 Å². The maximum Gasteiger partial charge on any atom is 0.237 e. The van der Waals surface area contributed by atoms with Gasteiger partial charge in [-0.1, -0.05) is 41.3 Å². The van der Waals surface area contributed by atoms with Crippen LogP contribution >= 0.6 is 15.9 Å². The van der Waals surface area contributed by atoms with Crippen molar-refractivity contribution < 1.29 is 14.6 Å². The highest BCUT2D eigenvalue weighted by molar-refractivity contribution is 9.10. The van der Waals surface area contributed by atoms with Crippen molar-refractivity contribution in [3.05, 3.63) is 33.3 Å². The van der Waals surface area contributed by atoms with E-state index in [0.717, 1.165) is 36.6 Å². The molecule has 0 bridgehead atoms. The van der Waals surface area contributed by atoms with Gasteiger partial charge in [0, 0.05) is 24.7 Å². The van der Waals surface area contributed by atoms with Crippen LogP contribution in [-0.4, -0.2) is 54.9 Å². The fourth-order valence-corrected chi connectivity index (χ4v) is 5.08. The Kier molecular flexibility index (Phi) is 6.95. The van der Waals surface area contributed by atoms with Gasteiger partial charge in [-0.2, -0.15) is 0 Å². The maximum atomic E-state index is 12.9. The van der Waals surface area contributed by atoms with Gasteiger partial charge in [-0.15, -0.1) is 0 Å². The summed E-state index contributed by atoms with van der Waals surface area (Å²) in [5, 5.41) is 13.8. The minimum absolute atomic E-state index is 0.0664. The molecule has 150 valence electrons. The van der Waals surface area contributed by atoms with E-state index < -0.39 is 5.60 Å². The summed E-state index contributed by atoms with van der Waals surface area (Å²) < 4.78 is 6.57. The number of nitrogens with one attached hydrogen (secondary N) is 1. The fraction of sp³-hybridized carbons (Fsp3) is 0.667. The van der Waals surface area contributed by atoms with Gasteiger partial charge in [0.1, 0.15) is 0 Å². The zero-order valence-corrected chi connectivity index (χ0v) is 18.0. The van der Waals surface area contributed by atoms with Gasteiger partial charge in [-0.3, -0.25) is 4.79 Å². The number of rotatable bonds is 6. The molecule has 1 atom stereocenters. The number of carbonyl (C=O) groups excluding carboxylic acids is 1. The molecule has 3 rings (SSSR count). The van der Waals surface area contributed by atoms with Crippen LogP contribution in [0.15, 0.2) is 16.6 Å². The van der Waals surface area contributed by atoms with Crippen molar-refractivity contribution in [1.82, 2.24) is 10.2 Å². The summed E-state index contributed by atoms with van der Waals surface area (Å²) in [6.07, 6.45) is 5.82. The number of ether oxygens (including phenoxy) is 1. The number of fused-ring (bicyclic) bond motifs is 1. The third-order valence-electron chi connectivity index (χ3n) is 5.99. The Bertz CT molecular complexity index is 674. The molecule has 0 radical (unpaired) electrons. The summed E-state index contributed by atoms with van der Waals surface area (Å²) in [6, 6.07) is 4.11. The van der Waals surface area contributed by atoms with Crippen molar-refractivity contribution in [2.75, 3.05) is 33.4 Å². The Morgan fingerprint density at radius 1 is 1.37 bits per heavy atom. The summed E-state index contributed by atoms with van der Waals surface area (Å²) in [5.74, 6) is 0.0708. The van der Waals surface area contributed by atoms with E-state index in [1.54, 1.807) is 7.11 Å². The predicted octanol–water partition coefficient (Wildman–Crippen LogP) is 3.11. The Hall–Kier alpha value is -0.950. The third-order valence-corrected chi connectivity index (χ3v) is 6.73. The van der Waals surface area contributed by atoms with Crippen molar-refractivity contribution in [3.63, 3.8) is 0 Å². The molecule has 1 aromatic rings. The lowest BCUT2D eigenvalue weighted by atomic mass is 9.85. The first-order chi connectivity index (χ1) is 12.9. The van der Waals surface area contributed by atoms with E-state index in [1.165, 1.54) is 23.1 Å². The summed E-state index contributed by atoms with van der Waals surface area (Å²) in [4.78, 5) is 14.9. The van der Waals surface area contributed by atoms with E-state index in [9.17, 15) is 9.90 Å². The van der Waals surface area contributed by atoms with E-state index in [-0.39, 0.29) is 18.5 Å². The van der Waals surface area contributed by atoms with Gasteiger partial charge in [-0.05, 0) is 48.9 Å². The average Bonchev–Trinajstić information content (AvgIpc) is 2.65. The highest BCUT2D eigenvalue weighted by atomic mass is 79.9. The van der Waals surface area contributed by atoms with Crippen LogP contribution in [0.5, 0.6) is 0 Å². The van der Waals surface area contributed by atoms with Gasteiger partial charge in [0.2, 0.25) is 5.91 Å². The molecular formula is C21H31BrN2O3. The zero-order chi connectivity index (χ0) is 19.4. The van der Waals surface area contributed by atoms with Crippen LogP contribution in [0.25, 0.3) is 0 Å². The molecule has 2 aliphatic rings. The number of aliphatic hydroxyl groups is 1. The molecular weight excluding hydrogens is 408 g/mol. The summed E-state index contributed by atoms with van der Waals surface area (Å²) in [7, 11) is 1.68. The Morgan fingerprint density at radius 3 is 2.81 bits per heavy atom. The standard InChI is InChI=1S/C21H31BrN2O3/c1-15-6-7-17(22)16-8-11-24(18(13-27-2)20(15)16)19(25)12-23-14-21(26)9-4-3-5-10-21/h6-7,18,23,26H,3-5,8-14H2,1-2H3. The van der Waals surface area contributed by atoms with E-state index in [1.807, 2.05) is 4.90 Å². The van der Waals surface area contributed by atoms with E-state index in [2.05, 4.69) is 40.3 Å². The number of benzene rings is 1. The molecule has 0 aromatic heterocycles. The van der Waals surface area contributed by atoms with E-state index >= 15 is 0 Å². The highest BCUT2D eigenvalue weighted by Crippen LogP contribution is 2.36. The average molecular weight is 439 g/mol. The van der Waals surface area contributed by atoms with Crippen molar-refractivity contribution in [2.24, 2.45) is 0 Å². The summed E-state index contributed by atoms with van der Waals surface area (Å²) in [6.45, 7) is 4.01. The molecule has 1 aliphatic heterocycles. The maximum absolute atomic E-state index is 12.9. The second-order valence-electron chi connectivity index (χ2n) is 7.95. The molecule has 0 spiro atoms. The van der Waals surface area contributed by atoms with Gasteiger partial charge in [0.05, 0.1) is 24.8 Å². The van der Waals surface area contributed by atoms with Crippen LogP contribution in [0.4, 0.5) is 0 Å². The van der Waals surface area contributed by atoms with Crippen LogP contribution < -0.4 is 5.32 Å². The number of hydrogen-bond acceptors (Lipinski definition) is 4. The lowest BCUT2D eigenvalue weighted by Gasteiger charge is -2.39. The van der Waals surface area contributed by atoms with Gasteiger partial charge < -0.3 is 20.1 Å². The molecule has 6 heteroatoms. The first-order valence-electron chi connectivity index (χ1n) is 9.94. The highest BCUT2D eigenvalue weighted by Gasteiger charge is 2.33.